The Kier molecular flexibility index (Phi) is 2.09. The van der Waals surface area contributed by atoms with Crippen molar-refractivity contribution in [3.05, 3.63) is 23.7 Å². The van der Waals surface area contributed by atoms with Crippen LogP contribution in [0.1, 0.15) is 37.1 Å². The van der Waals surface area contributed by atoms with Crippen molar-refractivity contribution in [3.8, 4) is 11.3 Å². The van der Waals surface area contributed by atoms with Crippen molar-refractivity contribution < 1.29 is 4.52 Å². The fraction of sp³-hybridized carbons (Fsp3) is 0.500. The first kappa shape index (κ1) is 9.63. The summed E-state index contributed by atoms with van der Waals surface area (Å²) in [5.41, 5.74) is 3.15. The molecule has 1 saturated carbocycles. The quantitative estimate of drug-likeness (QED) is 0.793. The van der Waals surface area contributed by atoms with Crippen LogP contribution < -0.4 is 0 Å². The Labute approximate surface area is 94.2 Å². The Hall–Kier alpha value is -1.58. The van der Waals surface area contributed by atoms with E-state index in [2.05, 4.69) is 17.2 Å². The maximum Gasteiger partial charge on any atom is 0.149 e. The van der Waals surface area contributed by atoms with Crippen LogP contribution >= 0.6 is 0 Å². The van der Waals surface area contributed by atoms with E-state index < -0.39 is 0 Å². The topological polar surface area (TPSA) is 43.9 Å². The highest BCUT2D eigenvalue weighted by Gasteiger charge is 2.33. The zero-order chi connectivity index (χ0) is 11.1. The van der Waals surface area contributed by atoms with Gasteiger partial charge in [-0.3, -0.25) is 4.68 Å². The third-order valence-corrected chi connectivity index (χ3v) is 3.04. The van der Waals surface area contributed by atoms with Gasteiger partial charge in [0, 0.05) is 19.2 Å². The molecule has 4 heteroatoms. The molecular formula is C12H15N3O. The van der Waals surface area contributed by atoms with Gasteiger partial charge in [0.05, 0.1) is 17.0 Å². The van der Waals surface area contributed by atoms with E-state index in [1.54, 1.807) is 0 Å². The van der Waals surface area contributed by atoms with E-state index in [1.807, 2.05) is 24.0 Å². The summed E-state index contributed by atoms with van der Waals surface area (Å²) in [6, 6.07) is 2.03. The largest absolute Gasteiger partial charge is 0.360 e. The normalized spacial score (nSPS) is 15.6. The molecule has 1 fully saturated rings. The average molecular weight is 217 g/mol. The summed E-state index contributed by atoms with van der Waals surface area (Å²) in [5, 5.41) is 8.61. The molecule has 0 saturated heterocycles. The maximum atomic E-state index is 5.48. The van der Waals surface area contributed by atoms with Crippen molar-refractivity contribution in [3.63, 3.8) is 0 Å². The molecule has 0 spiro atoms. The van der Waals surface area contributed by atoms with Gasteiger partial charge in [-0.25, -0.2) is 0 Å². The first-order chi connectivity index (χ1) is 7.79. The number of aromatic nitrogens is 3. The zero-order valence-electron chi connectivity index (χ0n) is 9.60. The summed E-state index contributed by atoms with van der Waals surface area (Å²) >= 11 is 0. The predicted molar refractivity (Wildman–Crippen MR) is 60.1 cm³/mol. The van der Waals surface area contributed by atoms with Gasteiger partial charge >= 0.3 is 0 Å². The first-order valence-electron chi connectivity index (χ1n) is 5.78. The lowest BCUT2D eigenvalue weighted by Crippen LogP contribution is -1.91. The summed E-state index contributed by atoms with van der Waals surface area (Å²) in [7, 11) is 1.93. The zero-order valence-corrected chi connectivity index (χ0v) is 9.60. The lowest BCUT2D eigenvalue weighted by Gasteiger charge is -1.97. The van der Waals surface area contributed by atoms with Crippen molar-refractivity contribution >= 4 is 0 Å². The standard InChI is InChI=1S/C12H15N3O/c1-3-9-11(10-6-7-15(2)13-10)12(16-14-9)8-4-5-8/h6-8H,3-5H2,1-2H3. The molecule has 2 aromatic heterocycles. The molecule has 84 valence electrons. The van der Waals surface area contributed by atoms with Crippen LogP contribution in [0.25, 0.3) is 11.3 Å². The number of nitrogens with zero attached hydrogens (tertiary/aromatic N) is 3. The molecule has 1 aliphatic rings. The summed E-state index contributed by atoms with van der Waals surface area (Å²) in [4.78, 5) is 0. The van der Waals surface area contributed by atoms with E-state index >= 15 is 0 Å². The molecule has 16 heavy (non-hydrogen) atoms. The van der Waals surface area contributed by atoms with E-state index in [0.717, 1.165) is 29.1 Å². The van der Waals surface area contributed by atoms with Crippen molar-refractivity contribution in [1.29, 1.82) is 0 Å². The van der Waals surface area contributed by atoms with Gasteiger partial charge in [-0.2, -0.15) is 5.10 Å². The second-order valence-electron chi connectivity index (χ2n) is 4.37. The SMILES string of the molecule is CCc1noc(C2CC2)c1-c1ccn(C)n1. The van der Waals surface area contributed by atoms with Crippen LogP contribution in [0, 0.1) is 0 Å². The van der Waals surface area contributed by atoms with E-state index in [4.69, 9.17) is 4.52 Å². The minimum atomic E-state index is 0.574. The highest BCUT2D eigenvalue weighted by molar-refractivity contribution is 5.65. The molecule has 2 heterocycles. The number of rotatable bonds is 3. The molecule has 3 rings (SSSR count). The summed E-state index contributed by atoms with van der Waals surface area (Å²) in [5.74, 6) is 1.61. The van der Waals surface area contributed by atoms with Gasteiger partial charge in [-0.15, -0.1) is 0 Å². The van der Waals surface area contributed by atoms with Gasteiger partial charge < -0.3 is 4.52 Å². The number of hydrogen-bond acceptors (Lipinski definition) is 3. The molecule has 0 radical (unpaired) electrons. The Balaban J connectivity index is 2.12. The predicted octanol–water partition coefficient (Wildman–Crippen LogP) is 2.51. The highest BCUT2D eigenvalue weighted by Crippen LogP contribution is 2.45. The molecule has 0 aromatic carbocycles. The van der Waals surface area contributed by atoms with Crippen LogP contribution in [0.5, 0.6) is 0 Å². The second-order valence-corrected chi connectivity index (χ2v) is 4.37. The van der Waals surface area contributed by atoms with Crippen molar-refractivity contribution in [2.75, 3.05) is 0 Å². The van der Waals surface area contributed by atoms with Gasteiger partial charge in [0.1, 0.15) is 5.76 Å². The van der Waals surface area contributed by atoms with Crippen LogP contribution in [0.3, 0.4) is 0 Å². The van der Waals surface area contributed by atoms with Crippen LogP contribution in [-0.2, 0) is 13.5 Å². The summed E-state index contributed by atoms with van der Waals surface area (Å²) in [6.07, 6.45) is 5.29. The maximum absolute atomic E-state index is 5.48. The van der Waals surface area contributed by atoms with E-state index in [9.17, 15) is 0 Å². The van der Waals surface area contributed by atoms with Crippen LogP contribution in [0.15, 0.2) is 16.8 Å². The molecule has 0 N–H and O–H groups in total. The molecule has 0 unspecified atom stereocenters. The van der Waals surface area contributed by atoms with Crippen molar-refractivity contribution in [2.24, 2.45) is 7.05 Å². The fourth-order valence-corrected chi connectivity index (χ4v) is 2.03. The van der Waals surface area contributed by atoms with Gasteiger partial charge in [-0.1, -0.05) is 12.1 Å². The molecule has 4 nitrogen and oxygen atoms in total. The smallest absolute Gasteiger partial charge is 0.149 e. The van der Waals surface area contributed by atoms with Crippen LogP contribution in [0.2, 0.25) is 0 Å². The first-order valence-corrected chi connectivity index (χ1v) is 5.78. The van der Waals surface area contributed by atoms with Gasteiger partial charge in [-0.05, 0) is 25.3 Å². The Bertz CT molecular complexity index is 508. The highest BCUT2D eigenvalue weighted by atomic mass is 16.5. The van der Waals surface area contributed by atoms with Crippen LogP contribution in [0.4, 0.5) is 0 Å². The molecular weight excluding hydrogens is 202 g/mol. The number of hydrogen-bond donors (Lipinski definition) is 0. The molecule has 2 aromatic rings. The third-order valence-electron chi connectivity index (χ3n) is 3.04. The van der Waals surface area contributed by atoms with E-state index in [-0.39, 0.29) is 0 Å². The van der Waals surface area contributed by atoms with E-state index in [1.165, 1.54) is 12.8 Å². The molecule has 0 atom stereocenters. The fourth-order valence-electron chi connectivity index (χ4n) is 2.03. The molecule has 0 bridgehead atoms. The Morgan fingerprint density at radius 3 is 2.88 bits per heavy atom. The molecule has 0 aliphatic heterocycles. The molecule has 1 aliphatic carbocycles. The monoisotopic (exact) mass is 217 g/mol. The lowest BCUT2D eigenvalue weighted by atomic mass is 10.1. The lowest BCUT2D eigenvalue weighted by molar-refractivity contribution is 0.379. The van der Waals surface area contributed by atoms with Crippen molar-refractivity contribution in [2.45, 2.75) is 32.1 Å². The van der Waals surface area contributed by atoms with E-state index in [0.29, 0.717) is 5.92 Å². The molecule has 0 amide bonds. The Morgan fingerprint density at radius 1 is 1.50 bits per heavy atom. The van der Waals surface area contributed by atoms with Crippen LogP contribution in [-0.4, -0.2) is 14.9 Å². The van der Waals surface area contributed by atoms with Gasteiger partial charge in [0.2, 0.25) is 0 Å². The summed E-state index contributed by atoms with van der Waals surface area (Å²) < 4.78 is 7.29. The Morgan fingerprint density at radius 2 is 2.31 bits per heavy atom. The van der Waals surface area contributed by atoms with Gasteiger partial charge in [0.15, 0.2) is 0 Å². The van der Waals surface area contributed by atoms with Crippen molar-refractivity contribution in [1.82, 2.24) is 14.9 Å². The number of aryl methyl sites for hydroxylation is 2. The average Bonchev–Trinajstić information content (AvgIpc) is 2.89. The summed E-state index contributed by atoms with van der Waals surface area (Å²) in [6.45, 7) is 2.10. The minimum absolute atomic E-state index is 0.574. The third kappa shape index (κ3) is 1.45. The minimum Gasteiger partial charge on any atom is -0.360 e. The second kappa shape index (κ2) is 3.47. The van der Waals surface area contributed by atoms with Gasteiger partial charge in [0.25, 0.3) is 0 Å².